The van der Waals surface area contributed by atoms with Crippen molar-refractivity contribution in [2.45, 2.75) is 46.1 Å². The zero-order valence-corrected chi connectivity index (χ0v) is 14.5. The average Bonchev–Trinajstić information content (AvgIpc) is 3.15. The van der Waals surface area contributed by atoms with E-state index in [9.17, 15) is 4.79 Å². The summed E-state index contributed by atoms with van der Waals surface area (Å²) in [6, 6.07) is 0.455. The number of carbonyl (C=O) groups excluding carboxylic acids is 1. The molecule has 3 rings (SSSR count). The zero-order chi connectivity index (χ0) is 17.3. The molecule has 1 aliphatic rings. The standard InChI is InChI=1S/C16H25N7O/c1-4-22-7-5-6-12(22)9-18-14(24)8-13-10(2)19-16-20-15(17)21-23(16)11(13)3/h12H,4-9H2,1-3H3,(H2,17,21)(H,18,24)/t12-/m1/s1. The zero-order valence-electron chi connectivity index (χ0n) is 14.5. The molecule has 8 nitrogen and oxygen atoms in total. The van der Waals surface area contributed by atoms with Gasteiger partial charge in [0.25, 0.3) is 5.78 Å². The molecular weight excluding hydrogens is 306 g/mol. The van der Waals surface area contributed by atoms with Gasteiger partial charge in [-0.15, -0.1) is 5.10 Å². The number of aryl methyl sites for hydroxylation is 2. The molecule has 0 aromatic carbocycles. The Morgan fingerprint density at radius 2 is 2.17 bits per heavy atom. The number of nitrogens with one attached hydrogen (secondary N) is 1. The first-order valence-corrected chi connectivity index (χ1v) is 8.48. The normalized spacial score (nSPS) is 18.4. The van der Waals surface area contributed by atoms with E-state index in [-0.39, 0.29) is 11.9 Å². The highest BCUT2D eigenvalue weighted by Crippen LogP contribution is 2.17. The number of carbonyl (C=O) groups is 1. The van der Waals surface area contributed by atoms with Crippen LogP contribution in [0.5, 0.6) is 0 Å². The SMILES string of the molecule is CCN1CCC[C@@H]1CNC(=O)Cc1c(C)nc2nc(N)nn2c1C. The molecular formula is C16H25N7O. The first-order chi connectivity index (χ1) is 11.5. The maximum Gasteiger partial charge on any atom is 0.254 e. The predicted octanol–water partition coefficient (Wildman–Crippen LogP) is 0.466. The van der Waals surface area contributed by atoms with Gasteiger partial charge >= 0.3 is 0 Å². The second-order valence-electron chi connectivity index (χ2n) is 6.35. The Bertz CT molecular complexity index is 754. The van der Waals surface area contributed by atoms with Crippen molar-refractivity contribution >= 4 is 17.6 Å². The molecule has 0 bridgehead atoms. The number of hydrogen-bond acceptors (Lipinski definition) is 6. The minimum Gasteiger partial charge on any atom is -0.366 e. The number of anilines is 1. The molecule has 1 fully saturated rings. The van der Waals surface area contributed by atoms with Crippen molar-refractivity contribution in [2.24, 2.45) is 0 Å². The molecule has 130 valence electrons. The summed E-state index contributed by atoms with van der Waals surface area (Å²) in [5, 5.41) is 7.20. The highest BCUT2D eigenvalue weighted by molar-refractivity contribution is 5.79. The van der Waals surface area contributed by atoms with E-state index < -0.39 is 0 Å². The van der Waals surface area contributed by atoms with Crippen molar-refractivity contribution in [3.63, 3.8) is 0 Å². The summed E-state index contributed by atoms with van der Waals surface area (Å²) in [6.07, 6.45) is 2.65. The fourth-order valence-corrected chi connectivity index (χ4v) is 3.48. The first kappa shape index (κ1) is 16.6. The van der Waals surface area contributed by atoms with E-state index in [0.717, 1.165) is 36.5 Å². The summed E-state index contributed by atoms with van der Waals surface area (Å²) in [4.78, 5) is 23.3. The number of likely N-dealkylation sites (N-methyl/N-ethyl adjacent to an activating group) is 1. The van der Waals surface area contributed by atoms with Crippen molar-refractivity contribution < 1.29 is 4.79 Å². The Kier molecular flexibility index (Phi) is 4.66. The van der Waals surface area contributed by atoms with E-state index in [2.05, 4.69) is 32.2 Å². The first-order valence-electron chi connectivity index (χ1n) is 8.48. The summed E-state index contributed by atoms with van der Waals surface area (Å²) in [5.74, 6) is 0.669. The summed E-state index contributed by atoms with van der Waals surface area (Å²) >= 11 is 0. The van der Waals surface area contributed by atoms with E-state index in [4.69, 9.17) is 5.73 Å². The van der Waals surface area contributed by atoms with Crippen LogP contribution in [0.2, 0.25) is 0 Å². The molecule has 2 aromatic heterocycles. The molecule has 0 spiro atoms. The van der Waals surface area contributed by atoms with Crippen LogP contribution in [0.25, 0.3) is 5.78 Å². The van der Waals surface area contributed by atoms with E-state index in [1.807, 2.05) is 13.8 Å². The summed E-state index contributed by atoms with van der Waals surface area (Å²) < 4.78 is 1.60. The second kappa shape index (κ2) is 6.72. The number of fused-ring (bicyclic) bond motifs is 1. The van der Waals surface area contributed by atoms with Gasteiger partial charge in [0.15, 0.2) is 0 Å². The van der Waals surface area contributed by atoms with Gasteiger partial charge in [-0.2, -0.15) is 9.50 Å². The number of nitrogen functional groups attached to an aromatic ring is 1. The van der Waals surface area contributed by atoms with Gasteiger partial charge in [0.1, 0.15) is 0 Å². The molecule has 0 radical (unpaired) electrons. The van der Waals surface area contributed by atoms with Crippen molar-refractivity contribution in [3.8, 4) is 0 Å². The lowest BCUT2D eigenvalue weighted by atomic mass is 10.1. The molecule has 3 heterocycles. The smallest absolute Gasteiger partial charge is 0.254 e. The van der Waals surface area contributed by atoms with Gasteiger partial charge in [-0.05, 0) is 39.8 Å². The van der Waals surface area contributed by atoms with Gasteiger partial charge in [0.05, 0.1) is 6.42 Å². The van der Waals surface area contributed by atoms with Crippen LogP contribution in [0.15, 0.2) is 0 Å². The van der Waals surface area contributed by atoms with Gasteiger partial charge in [0.2, 0.25) is 11.9 Å². The molecule has 1 aliphatic heterocycles. The Hall–Kier alpha value is -2.22. The third-order valence-corrected chi connectivity index (χ3v) is 4.84. The molecule has 1 saturated heterocycles. The van der Waals surface area contributed by atoms with Crippen LogP contribution >= 0.6 is 0 Å². The summed E-state index contributed by atoms with van der Waals surface area (Å²) in [7, 11) is 0. The van der Waals surface area contributed by atoms with Crippen LogP contribution in [-0.2, 0) is 11.2 Å². The van der Waals surface area contributed by atoms with Crippen LogP contribution in [-0.4, -0.2) is 56.1 Å². The quantitative estimate of drug-likeness (QED) is 0.826. The number of hydrogen-bond donors (Lipinski definition) is 2. The minimum absolute atomic E-state index is 0.0124. The highest BCUT2D eigenvalue weighted by atomic mass is 16.1. The molecule has 1 atom stereocenters. The van der Waals surface area contributed by atoms with E-state index in [1.165, 1.54) is 6.42 Å². The molecule has 0 aliphatic carbocycles. The third-order valence-electron chi connectivity index (χ3n) is 4.84. The molecule has 0 unspecified atom stereocenters. The second-order valence-corrected chi connectivity index (χ2v) is 6.35. The van der Waals surface area contributed by atoms with Gasteiger partial charge in [-0.3, -0.25) is 9.69 Å². The number of nitrogens with zero attached hydrogens (tertiary/aromatic N) is 5. The molecule has 8 heteroatoms. The highest BCUT2D eigenvalue weighted by Gasteiger charge is 2.23. The fraction of sp³-hybridized carbons (Fsp3) is 0.625. The monoisotopic (exact) mass is 331 g/mol. The Morgan fingerprint density at radius 3 is 2.92 bits per heavy atom. The third kappa shape index (κ3) is 3.19. The van der Waals surface area contributed by atoms with E-state index in [1.54, 1.807) is 4.52 Å². The summed E-state index contributed by atoms with van der Waals surface area (Å²) in [5.41, 5.74) is 8.16. The number of nitrogens with two attached hydrogens (primary N) is 1. The van der Waals surface area contributed by atoms with Crippen molar-refractivity contribution in [3.05, 3.63) is 17.0 Å². The molecule has 1 amide bonds. The van der Waals surface area contributed by atoms with Crippen LogP contribution < -0.4 is 11.1 Å². The van der Waals surface area contributed by atoms with E-state index >= 15 is 0 Å². The number of amides is 1. The number of likely N-dealkylation sites (tertiary alicyclic amines) is 1. The average molecular weight is 331 g/mol. The maximum atomic E-state index is 12.4. The van der Waals surface area contributed by atoms with Crippen LogP contribution in [0, 0.1) is 13.8 Å². The lowest BCUT2D eigenvalue weighted by Crippen LogP contribution is -2.40. The Labute approximate surface area is 141 Å². The number of rotatable bonds is 5. The summed E-state index contributed by atoms with van der Waals surface area (Å²) in [6.45, 7) is 8.83. The Balaban J connectivity index is 1.69. The van der Waals surface area contributed by atoms with Crippen molar-refractivity contribution in [1.82, 2.24) is 29.8 Å². The molecule has 0 saturated carbocycles. The van der Waals surface area contributed by atoms with Crippen molar-refractivity contribution in [1.29, 1.82) is 0 Å². The minimum atomic E-state index is 0.0124. The topological polar surface area (TPSA) is 101 Å². The lowest BCUT2D eigenvalue weighted by Gasteiger charge is -2.23. The van der Waals surface area contributed by atoms with Gasteiger partial charge < -0.3 is 11.1 Å². The van der Waals surface area contributed by atoms with Gasteiger partial charge in [-0.1, -0.05) is 6.92 Å². The van der Waals surface area contributed by atoms with Crippen molar-refractivity contribution in [2.75, 3.05) is 25.4 Å². The van der Waals surface area contributed by atoms with Gasteiger partial charge in [-0.25, -0.2) is 4.98 Å². The molecule has 2 aromatic rings. The Morgan fingerprint density at radius 1 is 1.38 bits per heavy atom. The molecule has 3 N–H and O–H groups in total. The number of aromatic nitrogens is 4. The largest absolute Gasteiger partial charge is 0.366 e. The fourth-order valence-electron chi connectivity index (χ4n) is 3.48. The van der Waals surface area contributed by atoms with Gasteiger partial charge in [0, 0.05) is 29.5 Å². The van der Waals surface area contributed by atoms with Crippen LogP contribution in [0.1, 0.15) is 36.7 Å². The van der Waals surface area contributed by atoms with Crippen LogP contribution in [0.4, 0.5) is 5.95 Å². The molecule has 24 heavy (non-hydrogen) atoms. The maximum absolute atomic E-state index is 12.4. The van der Waals surface area contributed by atoms with E-state index in [0.29, 0.717) is 24.8 Å². The predicted molar refractivity (Wildman–Crippen MR) is 91.7 cm³/mol. The lowest BCUT2D eigenvalue weighted by molar-refractivity contribution is -0.120. The van der Waals surface area contributed by atoms with Crippen LogP contribution in [0.3, 0.4) is 0 Å².